The Kier molecular flexibility index (Phi) is 6.15. The van der Waals surface area contributed by atoms with Crippen LogP contribution in [0.3, 0.4) is 0 Å². The van der Waals surface area contributed by atoms with Crippen LogP contribution >= 0.6 is 0 Å². The normalized spacial score (nSPS) is 17.3. The van der Waals surface area contributed by atoms with Gasteiger partial charge < -0.3 is 14.4 Å². The number of rotatable bonds is 5. The summed E-state index contributed by atoms with van der Waals surface area (Å²) in [6.45, 7) is 5.50. The third-order valence-corrected chi connectivity index (χ3v) is 8.11. The second kappa shape index (κ2) is 9.26. The summed E-state index contributed by atoms with van der Waals surface area (Å²) in [5, 5.41) is 0. The standard InChI is InChI=1S/C27H28N2O5S/c1-18-5-3-6-23(19(18)2)28-35(31,32)22-11-8-20(9-12-22)27(30)29-14-4-7-24(29)21-10-13-25-26(17-21)34-16-15-33-25/h3,5-6,8-13,17,24,28H,4,7,14-16H2,1-2H3/t24-/m0/s1. The maximum Gasteiger partial charge on any atom is 0.261 e. The summed E-state index contributed by atoms with van der Waals surface area (Å²) in [5.41, 5.74) is 3.90. The first-order chi connectivity index (χ1) is 16.8. The Labute approximate surface area is 205 Å². The lowest BCUT2D eigenvalue weighted by Crippen LogP contribution is -2.30. The number of benzene rings is 3. The Bertz CT molecular complexity index is 1370. The molecule has 0 radical (unpaired) electrons. The van der Waals surface area contributed by atoms with Crippen LogP contribution in [0.25, 0.3) is 0 Å². The van der Waals surface area contributed by atoms with Gasteiger partial charge in [0.1, 0.15) is 13.2 Å². The van der Waals surface area contributed by atoms with Crippen molar-refractivity contribution < 1.29 is 22.7 Å². The van der Waals surface area contributed by atoms with E-state index in [4.69, 9.17) is 9.47 Å². The van der Waals surface area contributed by atoms with E-state index in [1.54, 1.807) is 18.2 Å². The lowest BCUT2D eigenvalue weighted by Gasteiger charge is -2.27. The minimum absolute atomic E-state index is 0.0623. The molecule has 2 aliphatic heterocycles. The molecule has 182 valence electrons. The fourth-order valence-corrected chi connectivity index (χ4v) is 5.75. The number of nitrogens with one attached hydrogen (secondary N) is 1. The first kappa shape index (κ1) is 23.2. The van der Waals surface area contributed by atoms with E-state index in [1.165, 1.54) is 12.1 Å². The minimum atomic E-state index is -3.78. The Morgan fingerprint density at radius 3 is 2.49 bits per heavy atom. The van der Waals surface area contributed by atoms with E-state index in [0.29, 0.717) is 36.8 Å². The quantitative estimate of drug-likeness (QED) is 0.550. The molecule has 8 heteroatoms. The average molecular weight is 493 g/mol. The molecule has 0 aliphatic carbocycles. The third kappa shape index (κ3) is 4.58. The van der Waals surface area contributed by atoms with Crippen LogP contribution in [0.2, 0.25) is 0 Å². The van der Waals surface area contributed by atoms with E-state index in [2.05, 4.69) is 4.72 Å². The fraction of sp³-hybridized carbons (Fsp3) is 0.296. The van der Waals surface area contributed by atoms with Crippen molar-refractivity contribution in [3.63, 3.8) is 0 Å². The highest BCUT2D eigenvalue weighted by Gasteiger charge is 2.31. The number of carbonyl (C=O) groups excluding carboxylic acids is 1. The van der Waals surface area contributed by atoms with Gasteiger partial charge in [-0.3, -0.25) is 9.52 Å². The van der Waals surface area contributed by atoms with Crippen molar-refractivity contribution >= 4 is 21.6 Å². The number of fused-ring (bicyclic) bond motifs is 1. The number of anilines is 1. The van der Waals surface area contributed by atoms with Crippen LogP contribution in [-0.4, -0.2) is 39.0 Å². The van der Waals surface area contributed by atoms with Crippen LogP contribution in [-0.2, 0) is 10.0 Å². The molecule has 0 unspecified atom stereocenters. The third-order valence-electron chi connectivity index (χ3n) is 6.73. The summed E-state index contributed by atoms with van der Waals surface area (Å²) in [6, 6.07) is 17.4. The van der Waals surface area contributed by atoms with Crippen LogP contribution in [0, 0.1) is 13.8 Å². The van der Waals surface area contributed by atoms with Crippen molar-refractivity contribution in [1.82, 2.24) is 4.90 Å². The zero-order valence-corrected chi connectivity index (χ0v) is 20.6. The van der Waals surface area contributed by atoms with E-state index >= 15 is 0 Å². The van der Waals surface area contributed by atoms with Gasteiger partial charge in [-0.05, 0) is 85.8 Å². The number of hydrogen-bond donors (Lipinski definition) is 1. The first-order valence-electron chi connectivity index (χ1n) is 11.7. The zero-order chi connectivity index (χ0) is 24.6. The Morgan fingerprint density at radius 2 is 1.71 bits per heavy atom. The molecule has 1 N–H and O–H groups in total. The van der Waals surface area contributed by atoms with Gasteiger partial charge in [0.25, 0.3) is 15.9 Å². The Balaban J connectivity index is 1.34. The number of nitrogens with zero attached hydrogens (tertiary/aromatic N) is 1. The summed E-state index contributed by atoms with van der Waals surface area (Å²) >= 11 is 0. The predicted molar refractivity (Wildman–Crippen MR) is 134 cm³/mol. The van der Waals surface area contributed by atoms with Gasteiger partial charge in [-0.1, -0.05) is 18.2 Å². The molecule has 0 saturated carbocycles. The van der Waals surface area contributed by atoms with Gasteiger partial charge in [0.2, 0.25) is 0 Å². The molecule has 0 spiro atoms. The maximum absolute atomic E-state index is 13.4. The summed E-state index contributed by atoms with van der Waals surface area (Å²) in [5.74, 6) is 1.31. The van der Waals surface area contributed by atoms with Crippen molar-refractivity contribution in [1.29, 1.82) is 0 Å². The molecule has 3 aromatic rings. The predicted octanol–water partition coefficient (Wildman–Crippen LogP) is 4.85. The molecule has 3 aromatic carbocycles. The van der Waals surface area contributed by atoms with Crippen molar-refractivity contribution in [2.75, 3.05) is 24.5 Å². The number of sulfonamides is 1. The van der Waals surface area contributed by atoms with Gasteiger partial charge in [0.15, 0.2) is 11.5 Å². The van der Waals surface area contributed by atoms with E-state index in [-0.39, 0.29) is 16.8 Å². The Morgan fingerprint density at radius 1 is 0.971 bits per heavy atom. The number of aryl methyl sites for hydroxylation is 1. The topological polar surface area (TPSA) is 84.9 Å². The average Bonchev–Trinajstić information content (AvgIpc) is 3.36. The SMILES string of the molecule is Cc1cccc(NS(=O)(=O)c2ccc(C(=O)N3CCC[C@H]3c3ccc4c(c3)OCCO4)cc2)c1C. The monoisotopic (exact) mass is 492 g/mol. The van der Waals surface area contributed by atoms with Crippen molar-refractivity contribution in [2.24, 2.45) is 0 Å². The number of likely N-dealkylation sites (tertiary alicyclic amines) is 1. The molecular weight excluding hydrogens is 464 g/mol. The van der Waals surface area contributed by atoms with E-state index in [9.17, 15) is 13.2 Å². The van der Waals surface area contributed by atoms with Gasteiger partial charge in [-0.25, -0.2) is 8.42 Å². The van der Waals surface area contributed by atoms with E-state index < -0.39 is 10.0 Å². The lowest BCUT2D eigenvalue weighted by atomic mass is 10.0. The zero-order valence-electron chi connectivity index (χ0n) is 19.8. The molecule has 1 amide bonds. The highest BCUT2D eigenvalue weighted by molar-refractivity contribution is 7.92. The van der Waals surface area contributed by atoms with Crippen LogP contribution < -0.4 is 14.2 Å². The second-order valence-electron chi connectivity index (χ2n) is 8.94. The molecule has 7 nitrogen and oxygen atoms in total. The number of carbonyl (C=O) groups is 1. The Hall–Kier alpha value is -3.52. The maximum atomic E-state index is 13.4. The van der Waals surface area contributed by atoms with Gasteiger partial charge in [-0.2, -0.15) is 0 Å². The second-order valence-corrected chi connectivity index (χ2v) is 10.6. The molecule has 2 heterocycles. The largest absolute Gasteiger partial charge is 0.486 e. The molecule has 1 saturated heterocycles. The minimum Gasteiger partial charge on any atom is -0.486 e. The highest BCUT2D eigenvalue weighted by atomic mass is 32.2. The van der Waals surface area contributed by atoms with Crippen LogP contribution in [0.5, 0.6) is 11.5 Å². The molecule has 1 atom stereocenters. The highest BCUT2D eigenvalue weighted by Crippen LogP contribution is 2.38. The molecule has 0 aromatic heterocycles. The van der Waals surface area contributed by atoms with Crippen LogP contribution in [0.1, 0.15) is 45.9 Å². The summed E-state index contributed by atoms with van der Waals surface area (Å²) < 4.78 is 39.8. The smallest absolute Gasteiger partial charge is 0.261 e. The molecular formula is C27H28N2O5S. The van der Waals surface area contributed by atoms with Crippen molar-refractivity contribution in [2.45, 2.75) is 37.6 Å². The van der Waals surface area contributed by atoms with Crippen molar-refractivity contribution in [3.05, 3.63) is 82.9 Å². The van der Waals surface area contributed by atoms with Crippen molar-refractivity contribution in [3.8, 4) is 11.5 Å². The number of amides is 1. The fourth-order valence-electron chi connectivity index (χ4n) is 4.63. The summed E-state index contributed by atoms with van der Waals surface area (Å²) in [6.07, 6.45) is 1.76. The lowest BCUT2D eigenvalue weighted by molar-refractivity contribution is 0.0735. The number of hydrogen-bond acceptors (Lipinski definition) is 5. The first-order valence-corrected chi connectivity index (χ1v) is 13.2. The van der Waals surface area contributed by atoms with Crippen LogP contribution in [0.15, 0.2) is 65.6 Å². The van der Waals surface area contributed by atoms with Gasteiger partial charge in [-0.15, -0.1) is 0 Å². The van der Waals surface area contributed by atoms with Crippen LogP contribution in [0.4, 0.5) is 5.69 Å². The number of ether oxygens (including phenoxy) is 2. The van der Waals surface area contributed by atoms with E-state index in [0.717, 1.165) is 35.3 Å². The molecule has 0 bridgehead atoms. The molecule has 35 heavy (non-hydrogen) atoms. The van der Waals surface area contributed by atoms with Gasteiger partial charge >= 0.3 is 0 Å². The van der Waals surface area contributed by atoms with Gasteiger partial charge in [0.05, 0.1) is 16.6 Å². The van der Waals surface area contributed by atoms with Gasteiger partial charge in [0, 0.05) is 12.1 Å². The molecule has 1 fully saturated rings. The molecule has 2 aliphatic rings. The molecule has 5 rings (SSSR count). The van der Waals surface area contributed by atoms with E-state index in [1.807, 2.05) is 49.1 Å². The summed E-state index contributed by atoms with van der Waals surface area (Å²) in [7, 11) is -3.78. The summed E-state index contributed by atoms with van der Waals surface area (Å²) in [4.78, 5) is 15.3.